The molecule has 0 unspecified atom stereocenters. The number of nitrogens with zero attached hydrogens (tertiary/aromatic N) is 1. The van der Waals surface area contributed by atoms with E-state index in [1.54, 1.807) is 12.1 Å². The molecule has 0 aromatic heterocycles. The van der Waals surface area contributed by atoms with E-state index >= 15 is 0 Å². The zero-order valence-electron chi connectivity index (χ0n) is 11.5. The highest BCUT2D eigenvalue weighted by atomic mass is 32.2. The standard InChI is InChI=1S/C12H18N2O5S/c1-3-13-9-10-4-5-11(14(15)16)12(8-10)19-6-7-20(2,17)18/h4-5,8,13H,3,6-7,9H2,1-2H3. The van der Waals surface area contributed by atoms with Gasteiger partial charge >= 0.3 is 5.69 Å². The molecule has 0 heterocycles. The predicted octanol–water partition coefficient (Wildman–Crippen LogP) is 1.13. The van der Waals surface area contributed by atoms with Crippen molar-refractivity contribution in [2.45, 2.75) is 13.5 Å². The first-order valence-corrected chi connectivity index (χ1v) is 8.18. The molecule has 0 aliphatic rings. The smallest absolute Gasteiger partial charge is 0.310 e. The number of nitro benzene ring substituents is 1. The van der Waals surface area contributed by atoms with Gasteiger partial charge in [-0.25, -0.2) is 8.42 Å². The lowest BCUT2D eigenvalue weighted by atomic mass is 10.2. The fraction of sp³-hybridized carbons (Fsp3) is 0.500. The summed E-state index contributed by atoms with van der Waals surface area (Å²) in [4.78, 5) is 10.4. The first-order valence-electron chi connectivity index (χ1n) is 6.12. The van der Waals surface area contributed by atoms with Crippen molar-refractivity contribution in [1.29, 1.82) is 0 Å². The molecule has 0 radical (unpaired) electrons. The SMILES string of the molecule is CCNCc1ccc([N+](=O)[O-])c(OCCS(C)(=O)=O)c1. The summed E-state index contributed by atoms with van der Waals surface area (Å²) in [5.41, 5.74) is 0.672. The molecule has 8 heteroatoms. The molecule has 0 amide bonds. The van der Waals surface area contributed by atoms with Crippen LogP contribution in [0.2, 0.25) is 0 Å². The van der Waals surface area contributed by atoms with Crippen LogP contribution in [0, 0.1) is 10.1 Å². The van der Waals surface area contributed by atoms with Crippen molar-refractivity contribution in [2.24, 2.45) is 0 Å². The number of hydrogen-bond donors (Lipinski definition) is 1. The largest absolute Gasteiger partial charge is 0.486 e. The lowest BCUT2D eigenvalue weighted by Crippen LogP contribution is -2.14. The number of rotatable bonds is 8. The van der Waals surface area contributed by atoms with E-state index in [4.69, 9.17) is 4.74 Å². The second-order valence-corrected chi connectivity index (χ2v) is 6.58. The summed E-state index contributed by atoms with van der Waals surface area (Å²) in [7, 11) is -3.16. The Balaban J connectivity index is 2.85. The van der Waals surface area contributed by atoms with Gasteiger partial charge in [-0.2, -0.15) is 0 Å². The molecule has 1 rings (SSSR count). The lowest BCUT2D eigenvalue weighted by Gasteiger charge is -2.08. The molecular formula is C12H18N2O5S. The molecule has 0 saturated heterocycles. The highest BCUT2D eigenvalue weighted by Crippen LogP contribution is 2.28. The Kier molecular flexibility index (Phi) is 5.90. The third-order valence-electron chi connectivity index (χ3n) is 2.51. The first-order chi connectivity index (χ1) is 9.33. The Morgan fingerprint density at radius 2 is 2.10 bits per heavy atom. The summed E-state index contributed by atoms with van der Waals surface area (Å²) in [6.45, 7) is 3.19. The second kappa shape index (κ2) is 7.20. The van der Waals surface area contributed by atoms with Gasteiger partial charge in [0.25, 0.3) is 0 Å². The summed E-state index contributed by atoms with van der Waals surface area (Å²) >= 11 is 0. The van der Waals surface area contributed by atoms with Crippen LogP contribution in [0.3, 0.4) is 0 Å². The number of nitro groups is 1. The number of ether oxygens (including phenoxy) is 1. The van der Waals surface area contributed by atoms with Gasteiger partial charge in [0.1, 0.15) is 6.61 Å². The Bertz CT molecular complexity index is 571. The van der Waals surface area contributed by atoms with E-state index in [9.17, 15) is 18.5 Å². The quantitative estimate of drug-likeness (QED) is 0.571. The van der Waals surface area contributed by atoms with Gasteiger partial charge in [0.2, 0.25) is 0 Å². The summed E-state index contributed by atoms with van der Waals surface area (Å²) < 4.78 is 27.3. The number of benzene rings is 1. The fourth-order valence-electron chi connectivity index (χ4n) is 1.51. The van der Waals surface area contributed by atoms with Crippen LogP contribution in [0.1, 0.15) is 12.5 Å². The Labute approximate surface area is 118 Å². The molecule has 0 aliphatic carbocycles. The molecule has 0 bridgehead atoms. The fourth-order valence-corrected chi connectivity index (χ4v) is 1.89. The molecule has 0 aliphatic heterocycles. The lowest BCUT2D eigenvalue weighted by molar-refractivity contribution is -0.385. The van der Waals surface area contributed by atoms with Gasteiger partial charge < -0.3 is 10.1 Å². The van der Waals surface area contributed by atoms with Crippen LogP contribution in [-0.2, 0) is 16.4 Å². The molecule has 0 saturated carbocycles. The summed E-state index contributed by atoms with van der Waals surface area (Å²) in [6.07, 6.45) is 1.09. The molecule has 1 N–H and O–H groups in total. The summed E-state index contributed by atoms with van der Waals surface area (Å²) in [6, 6.07) is 4.57. The molecule has 0 fully saturated rings. The molecule has 1 aromatic carbocycles. The van der Waals surface area contributed by atoms with E-state index in [1.165, 1.54) is 6.07 Å². The normalized spacial score (nSPS) is 11.3. The van der Waals surface area contributed by atoms with Crippen LogP contribution < -0.4 is 10.1 Å². The average molecular weight is 302 g/mol. The zero-order chi connectivity index (χ0) is 15.2. The van der Waals surface area contributed by atoms with E-state index in [0.29, 0.717) is 6.54 Å². The highest BCUT2D eigenvalue weighted by Gasteiger charge is 2.16. The number of sulfone groups is 1. The number of hydrogen-bond acceptors (Lipinski definition) is 6. The van der Waals surface area contributed by atoms with E-state index < -0.39 is 14.8 Å². The van der Waals surface area contributed by atoms with E-state index in [2.05, 4.69) is 5.32 Å². The molecule has 20 heavy (non-hydrogen) atoms. The predicted molar refractivity (Wildman–Crippen MR) is 75.7 cm³/mol. The monoisotopic (exact) mass is 302 g/mol. The Morgan fingerprint density at radius 3 is 2.65 bits per heavy atom. The van der Waals surface area contributed by atoms with Crippen molar-refractivity contribution in [2.75, 3.05) is 25.2 Å². The van der Waals surface area contributed by atoms with Gasteiger partial charge in [-0.1, -0.05) is 13.0 Å². The average Bonchev–Trinajstić information content (AvgIpc) is 2.34. The van der Waals surface area contributed by atoms with Crippen LogP contribution in [0.25, 0.3) is 0 Å². The molecule has 7 nitrogen and oxygen atoms in total. The highest BCUT2D eigenvalue weighted by molar-refractivity contribution is 7.90. The molecule has 0 spiro atoms. The van der Waals surface area contributed by atoms with Crippen molar-refractivity contribution >= 4 is 15.5 Å². The van der Waals surface area contributed by atoms with Gasteiger partial charge in [0, 0.05) is 18.9 Å². The molecular weight excluding hydrogens is 284 g/mol. The minimum Gasteiger partial charge on any atom is -0.486 e. The van der Waals surface area contributed by atoms with Crippen molar-refractivity contribution in [1.82, 2.24) is 5.32 Å². The maximum Gasteiger partial charge on any atom is 0.310 e. The maximum atomic E-state index is 11.0. The number of nitrogens with one attached hydrogen (secondary N) is 1. The van der Waals surface area contributed by atoms with Crippen LogP contribution in [-0.4, -0.2) is 38.5 Å². The Morgan fingerprint density at radius 1 is 1.40 bits per heavy atom. The zero-order valence-corrected chi connectivity index (χ0v) is 12.3. The summed E-state index contributed by atoms with van der Waals surface area (Å²) in [5, 5.41) is 14.0. The minimum absolute atomic E-state index is 0.0917. The van der Waals surface area contributed by atoms with E-state index in [0.717, 1.165) is 18.4 Å². The van der Waals surface area contributed by atoms with Crippen molar-refractivity contribution < 1.29 is 18.1 Å². The first kappa shape index (κ1) is 16.4. The topological polar surface area (TPSA) is 98.5 Å². The summed E-state index contributed by atoms with van der Waals surface area (Å²) in [5.74, 6) is -0.0873. The van der Waals surface area contributed by atoms with Crippen LogP contribution in [0.15, 0.2) is 18.2 Å². The van der Waals surface area contributed by atoms with Crippen molar-refractivity contribution in [3.8, 4) is 5.75 Å². The van der Waals surface area contributed by atoms with Gasteiger partial charge in [0.15, 0.2) is 15.6 Å². The van der Waals surface area contributed by atoms with Gasteiger partial charge in [-0.3, -0.25) is 10.1 Å². The van der Waals surface area contributed by atoms with Gasteiger partial charge in [0.05, 0.1) is 10.7 Å². The van der Waals surface area contributed by atoms with E-state index in [-0.39, 0.29) is 23.8 Å². The van der Waals surface area contributed by atoms with Crippen molar-refractivity contribution in [3.05, 3.63) is 33.9 Å². The van der Waals surface area contributed by atoms with Crippen molar-refractivity contribution in [3.63, 3.8) is 0 Å². The van der Waals surface area contributed by atoms with Crippen LogP contribution in [0.5, 0.6) is 5.75 Å². The molecule has 112 valence electrons. The second-order valence-electron chi connectivity index (χ2n) is 4.32. The van der Waals surface area contributed by atoms with Gasteiger partial charge in [-0.15, -0.1) is 0 Å². The van der Waals surface area contributed by atoms with Gasteiger partial charge in [-0.05, 0) is 18.2 Å². The maximum absolute atomic E-state index is 11.0. The third kappa shape index (κ3) is 5.54. The molecule has 1 aromatic rings. The van der Waals surface area contributed by atoms with Crippen LogP contribution in [0.4, 0.5) is 5.69 Å². The third-order valence-corrected chi connectivity index (χ3v) is 3.42. The molecule has 0 atom stereocenters. The van der Waals surface area contributed by atoms with E-state index in [1.807, 2.05) is 6.92 Å². The minimum atomic E-state index is -3.16. The van der Waals surface area contributed by atoms with Crippen LogP contribution >= 0.6 is 0 Å². The Hall–Kier alpha value is -1.67.